The number of hydrogen-bond acceptors (Lipinski definition) is 0. The lowest BCUT2D eigenvalue weighted by Crippen LogP contribution is -2.73. The molecule has 0 N–H and O–H groups in total. The van der Waals surface area contributed by atoms with Gasteiger partial charge in [0.05, 0.1) is 0 Å². The van der Waals surface area contributed by atoms with Crippen LogP contribution < -0.4 is 0 Å². The summed E-state index contributed by atoms with van der Waals surface area (Å²) < 4.78 is 0. The molecule has 0 spiro atoms. The van der Waals surface area contributed by atoms with E-state index in [2.05, 4.69) is 69.2 Å². The second-order valence-corrected chi connectivity index (χ2v) is 71.8. The van der Waals surface area contributed by atoms with Gasteiger partial charge in [0.2, 0.25) is 0 Å². The molecular formula is C15H35Cl5Si5. The van der Waals surface area contributed by atoms with Gasteiger partial charge >= 0.3 is 0 Å². The SMILES string of the molecule is CC(C)[Si]1(Cl)[Si](Cl)(C(C)C)[Si](Cl)(C(C)C)[Si](Cl)(C(C)C)[Si]1(Cl)C(C)C. The average molecular weight is 533 g/mol. The molecule has 0 saturated carbocycles. The molecule has 0 nitrogen and oxygen atoms in total. The van der Waals surface area contributed by atoms with Crippen LogP contribution >= 0.6 is 55.4 Å². The van der Waals surface area contributed by atoms with Crippen LogP contribution in [0.5, 0.6) is 0 Å². The molecule has 0 unspecified atom stereocenters. The van der Waals surface area contributed by atoms with E-state index in [0.717, 1.165) is 0 Å². The van der Waals surface area contributed by atoms with E-state index in [9.17, 15) is 0 Å². The van der Waals surface area contributed by atoms with Gasteiger partial charge in [0.25, 0.3) is 0 Å². The summed E-state index contributed by atoms with van der Waals surface area (Å²) in [6.45, 7) is 22.5. The van der Waals surface area contributed by atoms with E-state index >= 15 is 0 Å². The predicted molar refractivity (Wildman–Crippen MR) is 134 cm³/mol. The van der Waals surface area contributed by atoms with E-state index in [0.29, 0.717) is 27.7 Å². The summed E-state index contributed by atoms with van der Waals surface area (Å²) in [5, 5.41) is 0. The minimum atomic E-state index is -2.55. The van der Waals surface area contributed by atoms with Gasteiger partial charge in [-0.2, -0.15) is 55.4 Å². The molecule has 1 heterocycles. The van der Waals surface area contributed by atoms with Crippen molar-refractivity contribution in [2.24, 2.45) is 0 Å². The van der Waals surface area contributed by atoms with Crippen LogP contribution in [0.15, 0.2) is 0 Å². The van der Waals surface area contributed by atoms with Crippen LogP contribution in [0.1, 0.15) is 69.2 Å². The quantitative estimate of drug-likeness (QED) is 0.246. The minimum Gasteiger partial charge on any atom is -0.171 e. The molecule has 0 atom stereocenters. The number of rotatable bonds is 5. The summed E-state index contributed by atoms with van der Waals surface area (Å²) >= 11 is 39.3. The Morgan fingerprint density at radius 1 is 0.320 bits per heavy atom. The fourth-order valence-electron chi connectivity index (χ4n) is 5.52. The van der Waals surface area contributed by atoms with Gasteiger partial charge in [-0.3, -0.25) is 0 Å². The highest BCUT2D eigenvalue weighted by Gasteiger charge is 2.94. The van der Waals surface area contributed by atoms with Gasteiger partial charge in [-0.1, -0.05) is 69.2 Å². The second kappa shape index (κ2) is 7.66. The summed E-state index contributed by atoms with van der Waals surface area (Å²) in [5.74, 6) is 0. The molecule has 150 valence electrons. The van der Waals surface area contributed by atoms with Crippen molar-refractivity contribution in [3.05, 3.63) is 0 Å². The van der Waals surface area contributed by atoms with E-state index in [1.807, 2.05) is 0 Å². The summed E-state index contributed by atoms with van der Waals surface area (Å²) in [6.07, 6.45) is -12.8. The minimum absolute atomic E-state index is 0.323. The highest BCUT2D eigenvalue weighted by Crippen LogP contribution is 2.72. The zero-order valence-electron chi connectivity index (χ0n) is 17.3. The molecule has 0 aromatic heterocycles. The van der Waals surface area contributed by atoms with E-state index in [4.69, 9.17) is 55.4 Å². The average Bonchev–Trinajstić information content (AvgIpc) is 2.58. The molecule has 0 amide bonds. The maximum absolute atomic E-state index is 7.87. The fraction of sp³-hybridized carbons (Fsp3) is 1.00. The number of hydrogen-bond donors (Lipinski definition) is 0. The Kier molecular flexibility index (Phi) is 7.83. The first-order valence-corrected chi connectivity index (χ1v) is 29.9. The fourth-order valence-corrected chi connectivity index (χ4v) is 257. The van der Waals surface area contributed by atoms with Crippen molar-refractivity contribution in [1.82, 2.24) is 0 Å². The van der Waals surface area contributed by atoms with Gasteiger partial charge in [-0.15, -0.1) is 0 Å². The smallest absolute Gasteiger partial charge is 0.171 e. The molecule has 0 radical (unpaired) electrons. The Balaban J connectivity index is 4.23. The summed E-state index contributed by atoms with van der Waals surface area (Å²) in [4.78, 5) is 0. The van der Waals surface area contributed by atoms with Crippen LogP contribution in [-0.4, -0.2) is 32.1 Å². The first kappa shape index (κ1) is 25.6. The topological polar surface area (TPSA) is 0 Å². The lowest BCUT2D eigenvalue weighted by Gasteiger charge is -2.49. The van der Waals surface area contributed by atoms with Crippen molar-refractivity contribution in [2.75, 3.05) is 0 Å². The summed E-state index contributed by atoms with van der Waals surface area (Å²) in [6, 6.07) is 0. The van der Waals surface area contributed by atoms with Gasteiger partial charge in [0.15, 0.2) is 32.1 Å². The molecule has 1 aliphatic rings. The van der Waals surface area contributed by atoms with Crippen LogP contribution in [-0.2, 0) is 0 Å². The molecule has 0 aromatic carbocycles. The third kappa shape index (κ3) is 2.66. The highest BCUT2D eigenvalue weighted by molar-refractivity contribution is 8.35. The summed E-state index contributed by atoms with van der Waals surface area (Å²) in [5.41, 5.74) is 1.61. The first-order valence-electron chi connectivity index (χ1n) is 9.41. The van der Waals surface area contributed by atoms with E-state index < -0.39 is 32.1 Å². The van der Waals surface area contributed by atoms with E-state index in [1.165, 1.54) is 0 Å². The lowest BCUT2D eigenvalue weighted by atomic mass is 10.6. The highest BCUT2D eigenvalue weighted by atomic mass is 35.6. The van der Waals surface area contributed by atoms with Crippen LogP contribution in [0.2, 0.25) is 27.7 Å². The monoisotopic (exact) mass is 530 g/mol. The Bertz CT molecular complexity index is 394. The van der Waals surface area contributed by atoms with Gasteiger partial charge in [0.1, 0.15) is 0 Å². The van der Waals surface area contributed by atoms with E-state index in [-0.39, 0.29) is 0 Å². The van der Waals surface area contributed by atoms with Crippen molar-refractivity contribution < 1.29 is 0 Å². The standard InChI is InChI=1S/C15H35Cl5Si5/c1-11(2)21(16)22(17,12(3)4)24(19,14(7)8)25(20,15(9)10)23(21,18)13(5)6/h11-15H,1-10H3. The van der Waals surface area contributed by atoms with Crippen molar-refractivity contribution in [3.8, 4) is 0 Å². The Labute approximate surface area is 183 Å². The zero-order valence-corrected chi connectivity index (χ0v) is 26.1. The van der Waals surface area contributed by atoms with Crippen molar-refractivity contribution in [1.29, 1.82) is 0 Å². The first-order chi connectivity index (χ1) is 11.0. The van der Waals surface area contributed by atoms with Crippen LogP contribution in [0.3, 0.4) is 0 Å². The Morgan fingerprint density at radius 2 is 0.400 bits per heavy atom. The molecule has 1 rings (SSSR count). The van der Waals surface area contributed by atoms with Gasteiger partial charge < -0.3 is 0 Å². The third-order valence-electron chi connectivity index (χ3n) is 6.63. The zero-order chi connectivity index (χ0) is 20.4. The second-order valence-electron chi connectivity index (χ2n) is 9.33. The van der Waals surface area contributed by atoms with Crippen molar-refractivity contribution in [2.45, 2.75) is 96.9 Å². The number of halogens is 5. The lowest BCUT2D eigenvalue weighted by molar-refractivity contribution is 1.01. The normalized spacial score (nSPS) is 45.6. The van der Waals surface area contributed by atoms with Crippen LogP contribution in [0, 0.1) is 0 Å². The summed E-state index contributed by atoms with van der Waals surface area (Å²) in [7, 11) is 0. The van der Waals surface area contributed by atoms with Gasteiger partial charge in [-0.25, -0.2) is 0 Å². The van der Waals surface area contributed by atoms with E-state index in [1.54, 1.807) is 0 Å². The van der Waals surface area contributed by atoms with Crippen molar-refractivity contribution in [3.63, 3.8) is 0 Å². The molecule has 1 aliphatic heterocycles. The maximum Gasteiger partial charge on any atom is 0.174 e. The van der Waals surface area contributed by atoms with Crippen molar-refractivity contribution >= 4 is 87.5 Å². The largest absolute Gasteiger partial charge is 0.174 e. The third-order valence-corrected chi connectivity index (χ3v) is 152. The van der Waals surface area contributed by atoms with Gasteiger partial charge in [0, 0.05) is 0 Å². The Morgan fingerprint density at radius 3 is 0.440 bits per heavy atom. The maximum atomic E-state index is 7.87. The molecule has 0 aliphatic carbocycles. The molecule has 1 fully saturated rings. The Hall–Kier alpha value is 2.53. The molecule has 0 aromatic rings. The molecule has 25 heavy (non-hydrogen) atoms. The molecule has 10 heteroatoms. The molecule has 1 saturated heterocycles. The van der Waals surface area contributed by atoms with Crippen LogP contribution in [0.4, 0.5) is 0 Å². The molecule has 0 bridgehead atoms. The van der Waals surface area contributed by atoms with Gasteiger partial charge in [-0.05, 0) is 27.7 Å². The van der Waals surface area contributed by atoms with Crippen LogP contribution in [0.25, 0.3) is 0 Å². The molecular weight excluding hydrogens is 498 g/mol. The predicted octanol–water partition coefficient (Wildman–Crippen LogP) is 8.36.